The minimum atomic E-state index is -0.0828. The van der Waals surface area contributed by atoms with E-state index in [1.807, 2.05) is 6.92 Å². The van der Waals surface area contributed by atoms with Gasteiger partial charge in [0, 0.05) is 23.3 Å². The van der Waals surface area contributed by atoms with Crippen molar-refractivity contribution in [2.45, 2.75) is 31.7 Å². The molecule has 4 nitrogen and oxygen atoms in total. The van der Waals surface area contributed by atoms with Crippen LogP contribution in [0.1, 0.15) is 35.3 Å². The van der Waals surface area contributed by atoms with Gasteiger partial charge in [-0.05, 0) is 52.4 Å². The Balaban J connectivity index is 2.01. The average molecular weight is 282 g/mol. The first-order valence-corrected chi connectivity index (χ1v) is 6.91. The minimum absolute atomic E-state index is 0.0828. The third-order valence-corrected chi connectivity index (χ3v) is 4.19. The van der Waals surface area contributed by atoms with Crippen LogP contribution in [-0.2, 0) is 0 Å². The second kappa shape index (κ2) is 5.47. The van der Waals surface area contributed by atoms with Crippen molar-refractivity contribution >= 4 is 17.5 Å². The van der Waals surface area contributed by atoms with Crippen LogP contribution in [0, 0.1) is 6.92 Å². The smallest absolute Gasteiger partial charge is 0.251 e. The number of aryl methyl sites for hydroxylation is 1. The van der Waals surface area contributed by atoms with E-state index in [-0.39, 0.29) is 11.4 Å². The predicted octanol–water partition coefficient (Wildman–Crippen LogP) is 2.26. The van der Waals surface area contributed by atoms with E-state index in [1.54, 1.807) is 12.1 Å². The maximum Gasteiger partial charge on any atom is 0.251 e. The number of hydrogen-bond donors (Lipinski definition) is 1. The summed E-state index contributed by atoms with van der Waals surface area (Å²) < 4.78 is 0. The van der Waals surface area contributed by atoms with Crippen LogP contribution in [0.2, 0.25) is 5.15 Å². The van der Waals surface area contributed by atoms with Crippen molar-refractivity contribution in [1.29, 1.82) is 0 Å². The number of pyridine rings is 1. The van der Waals surface area contributed by atoms with E-state index in [9.17, 15) is 4.79 Å². The predicted molar refractivity (Wildman–Crippen MR) is 76.6 cm³/mol. The van der Waals surface area contributed by atoms with E-state index in [0.29, 0.717) is 17.3 Å². The molecule has 0 aromatic carbocycles. The Morgan fingerprint density at radius 1 is 1.47 bits per heavy atom. The summed E-state index contributed by atoms with van der Waals surface area (Å²) in [5.41, 5.74) is 1.45. The van der Waals surface area contributed by atoms with E-state index in [2.05, 4.69) is 29.3 Å². The van der Waals surface area contributed by atoms with Crippen LogP contribution in [-0.4, -0.2) is 42.0 Å². The zero-order valence-electron chi connectivity index (χ0n) is 11.7. The molecule has 5 heteroatoms. The highest BCUT2D eigenvalue weighted by Crippen LogP contribution is 2.35. The molecule has 0 radical (unpaired) electrons. The van der Waals surface area contributed by atoms with Crippen LogP contribution in [0.15, 0.2) is 12.1 Å². The molecule has 0 atom stereocenters. The summed E-state index contributed by atoms with van der Waals surface area (Å²) in [6.07, 6.45) is 3.50. The Morgan fingerprint density at radius 2 is 2.16 bits per heavy atom. The second-order valence-electron chi connectivity index (χ2n) is 5.47. The van der Waals surface area contributed by atoms with Gasteiger partial charge in [-0.25, -0.2) is 4.98 Å². The van der Waals surface area contributed by atoms with Crippen molar-refractivity contribution < 1.29 is 4.79 Å². The van der Waals surface area contributed by atoms with Crippen molar-refractivity contribution in [1.82, 2.24) is 15.2 Å². The summed E-state index contributed by atoms with van der Waals surface area (Å²) in [5.74, 6) is -0.0828. The molecule has 19 heavy (non-hydrogen) atoms. The topological polar surface area (TPSA) is 45.2 Å². The molecule has 1 N–H and O–H groups in total. The molecule has 1 heterocycles. The first-order valence-electron chi connectivity index (χ1n) is 6.53. The first kappa shape index (κ1) is 14.3. The van der Waals surface area contributed by atoms with Crippen LogP contribution < -0.4 is 5.32 Å². The van der Waals surface area contributed by atoms with E-state index >= 15 is 0 Å². The Kier molecular flexibility index (Phi) is 4.11. The molecule has 0 saturated heterocycles. The number of carbonyl (C=O) groups excluding carboxylic acids is 1. The molecule has 1 fully saturated rings. The van der Waals surface area contributed by atoms with Crippen molar-refractivity contribution in [3.8, 4) is 0 Å². The number of hydrogen-bond acceptors (Lipinski definition) is 3. The van der Waals surface area contributed by atoms with Gasteiger partial charge in [0.1, 0.15) is 5.15 Å². The molecule has 1 aromatic heterocycles. The summed E-state index contributed by atoms with van der Waals surface area (Å²) in [5, 5.41) is 3.37. The van der Waals surface area contributed by atoms with Crippen LogP contribution in [0.3, 0.4) is 0 Å². The number of likely N-dealkylation sites (N-methyl/N-ethyl adjacent to an activating group) is 1. The van der Waals surface area contributed by atoms with Crippen molar-refractivity contribution in [2.24, 2.45) is 0 Å². The molecule has 1 aromatic rings. The van der Waals surface area contributed by atoms with E-state index in [1.165, 1.54) is 6.42 Å². The molecule has 1 saturated carbocycles. The molecule has 2 rings (SSSR count). The average Bonchev–Trinajstić information content (AvgIpc) is 2.25. The molecular formula is C14H20ClN3O. The zero-order chi connectivity index (χ0) is 14.0. The maximum atomic E-state index is 12.1. The van der Waals surface area contributed by atoms with Crippen molar-refractivity contribution in [3.63, 3.8) is 0 Å². The first-order chi connectivity index (χ1) is 8.93. The van der Waals surface area contributed by atoms with E-state index < -0.39 is 0 Å². The Labute approximate surface area is 119 Å². The molecule has 0 aliphatic heterocycles. The van der Waals surface area contributed by atoms with Gasteiger partial charge in [-0.1, -0.05) is 11.6 Å². The highest BCUT2D eigenvalue weighted by atomic mass is 35.5. The van der Waals surface area contributed by atoms with Gasteiger partial charge >= 0.3 is 0 Å². The van der Waals surface area contributed by atoms with Crippen molar-refractivity contribution in [3.05, 3.63) is 28.5 Å². The summed E-state index contributed by atoms with van der Waals surface area (Å²) in [4.78, 5) is 18.4. The van der Waals surface area contributed by atoms with Crippen LogP contribution in [0.5, 0.6) is 0 Å². The molecule has 1 amide bonds. The van der Waals surface area contributed by atoms with Gasteiger partial charge in [0.15, 0.2) is 0 Å². The second-order valence-corrected chi connectivity index (χ2v) is 5.86. The fourth-order valence-electron chi connectivity index (χ4n) is 2.47. The minimum Gasteiger partial charge on any atom is -0.350 e. The molecular weight excluding hydrogens is 262 g/mol. The van der Waals surface area contributed by atoms with Gasteiger partial charge in [0.05, 0.1) is 0 Å². The molecule has 0 bridgehead atoms. The third kappa shape index (κ3) is 3.07. The van der Waals surface area contributed by atoms with E-state index in [0.717, 1.165) is 18.5 Å². The number of carbonyl (C=O) groups is 1. The van der Waals surface area contributed by atoms with Crippen molar-refractivity contribution in [2.75, 3.05) is 20.6 Å². The molecule has 104 valence electrons. The Morgan fingerprint density at radius 3 is 2.63 bits per heavy atom. The molecule has 1 aliphatic rings. The number of halogens is 1. The van der Waals surface area contributed by atoms with Crippen LogP contribution in [0.25, 0.3) is 0 Å². The Hall–Kier alpha value is -1.13. The van der Waals surface area contributed by atoms with Crippen LogP contribution in [0.4, 0.5) is 0 Å². The van der Waals surface area contributed by atoms with Crippen LogP contribution >= 0.6 is 11.6 Å². The monoisotopic (exact) mass is 281 g/mol. The Bertz CT molecular complexity index is 463. The summed E-state index contributed by atoms with van der Waals surface area (Å²) in [7, 11) is 4.14. The standard InChI is InChI=1S/C14H20ClN3O/c1-10-7-11(8-12(15)17-10)13(19)16-9-14(18(2)3)5-4-6-14/h7-8H,4-6,9H2,1-3H3,(H,16,19). The molecule has 0 spiro atoms. The highest BCUT2D eigenvalue weighted by Gasteiger charge is 2.39. The van der Waals surface area contributed by atoms with Gasteiger partial charge in [0.25, 0.3) is 5.91 Å². The van der Waals surface area contributed by atoms with E-state index in [4.69, 9.17) is 11.6 Å². The number of nitrogens with one attached hydrogen (secondary N) is 1. The maximum absolute atomic E-state index is 12.1. The lowest BCUT2D eigenvalue weighted by Crippen LogP contribution is -2.57. The number of rotatable bonds is 4. The largest absolute Gasteiger partial charge is 0.350 e. The number of nitrogens with zero attached hydrogens (tertiary/aromatic N) is 2. The van der Waals surface area contributed by atoms with Gasteiger partial charge in [-0.2, -0.15) is 0 Å². The molecule has 1 aliphatic carbocycles. The normalized spacial score (nSPS) is 17.1. The molecule has 0 unspecified atom stereocenters. The summed E-state index contributed by atoms with van der Waals surface area (Å²) in [6, 6.07) is 3.36. The quantitative estimate of drug-likeness (QED) is 0.861. The lowest BCUT2D eigenvalue weighted by Gasteiger charge is -2.47. The number of amides is 1. The fraction of sp³-hybridized carbons (Fsp3) is 0.571. The summed E-state index contributed by atoms with van der Waals surface area (Å²) in [6.45, 7) is 2.51. The third-order valence-electron chi connectivity index (χ3n) is 4.00. The van der Waals surface area contributed by atoms with Gasteiger partial charge < -0.3 is 10.2 Å². The SMILES string of the molecule is Cc1cc(C(=O)NCC2(N(C)C)CCC2)cc(Cl)n1. The number of aromatic nitrogens is 1. The highest BCUT2D eigenvalue weighted by molar-refractivity contribution is 6.29. The lowest BCUT2D eigenvalue weighted by atomic mass is 9.75. The summed E-state index contributed by atoms with van der Waals surface area (Å²) >= 11 is 5.87. The fourth-order valence-corrected chi connectivity index (χ4v) is 2.72. The van der Waals surface area contributed by atoms with Gasteiger partial charge in [-0.15, -0.1) is 0 Å². The van der Waals surface area contributed by atoms with Gasteiger partial charge in [-0.3, -0.25) is 4.79 Å². The zero-order valence-corrected chi connectivity index (χ0v) is 12.4. The lowest BCUT2D eigenvalue weighted by molar-refractivity contribution is 0.0557. The van der Waals surface area contributed by atoms with Gasteiger partial charge in [0.2, 0.25) is 0 Å².